The van der Waals surface area contributed by atoms with Crippen molar-refractivity contribution in [2.75, 3.05) is 49.1 Å². The number of hydrogen-bond acceptors (Lipinski definition) is 5. The largest absolute Gasteiger partial charge is 0.367 e. The number of fused-ring (bicyclic) bond motifs is 2. The third-order valence-corrected chi connectivity index (χ3v) is 7.15. The van der Waals surface area contributed by atoms with Crippen LogP contribution in [0, 0.1) is 0 Å². The van der Waals surface area contributed by atoms with Crippen molar-refractivity contribution in [3.05, 3.63) is 72.9 Å². The fraction of sp³-hybridized carbons (Fsp3) is 0.333. The van der Waals surface area contributed by atoms with Gasteiger partial charge in [-0.2, -0.15) is 0 Å². The zero-order chi connectivity index (χ0) is 21.3. The van der Waals surface area contributed by atoms with Gasteiger partial charge in [0.05, 0.1) is 16.7 Å². The van der Waals surface area contributed by atoms with Gasteiger partial charge in [0.25, 0.3) is 0 Å². The highest BCUT2D eigenvalue weighted by Crippen LogP contribution is 2.28. The highest BCUT2D eigenvalue weighted by atomic mass is 15.3. The normalized spacial score (nSPS) is 18.5. The molecule has 5 nitrogen and oxygen atoms in total. The Balaban J connectivity index is 1.08. The molecule has 0 saturated carbocycles. The lowest BCUT2D eigenvalue weighted by Crippen LogP contribution is -2.53. The summed E-state index contributed by atoms with van der Waals surface area (Å²) < 4.78 is 0. The molecule has 2 saturated heterocycles. The van der Waals surface area contributed by atoms with E-state index in [9.17, 15) is 0 Å². The molecule has 0 bridgehead atoms. The van der Waals surface area contributed by atoms with Crippen LogP contribution in [0.1, 0.15) is 12.8 Å². The van der Waals surface area contributed by atoms with Crippen molar-refractivity contribution in [2.24, 2.45) is 0 Å². The van der Waals surface area contributed by atoms with Gasteiger partial charge in [-0.25, -0.2) is 4.98 Å². The van der Waals surface area contributed by atoms with E-state index in [4.69, 9.17) is 4.98 Å². The van der Waals surface area contributed by atoms with Crippen molar-refractivity contribution in [3.8, 4) is 0 Å². The maximum absolute atomic E-state index is 4.90. The lowest BCUT2D eigenvalue weighted by Gasteiger charge is -2.43. The lowest BCUT2D eigenvalue weighted by atomic mass is 10.0. The highest BCUT2D eigenvalue weighted by molar-refractivity contribution is 5.90. The van der Waals surface area contributed by atoms with E-state index in [1.807, 2.05) is 12.3 Å². The molecular formula is C27H29N5. The maximum Gasteiger partial charge on any atom is 0.129 e. The number of aromatic nitrogens is 2. The molecule has 32 heavy (non-hydrogen) atoms. The molecule has 0 spiro atoms. The van der Waals surface area contributed by atoms with Crippen LogP contribution in [-0.4, -0.2) is 60.2 Å². The minimum atomic E-state index is 0.680. The summed E-state index contributed by atoms with van der Waals surface area (Å²) in [5, 5.41) is 2.44. The number of piperidine rings is 1. The summed E-state index contributed by atoms with van der Waals surface area (Å²) in [4.78, 5) is 17.2. The van der Waals surface area contributed by atoms with Gasteiger partial charge in [0, 0.05) is 62.3 Å². The van der Waals surface area contributed by atoms with Crippen molar-refractivity contribution in [1.29, 1.82) is 0 Å². The summed E-state index contributed by atoms with van der Waals surface area (Å²) in [7, 11) is 0. The molecule has 0 aliphatic carbocycles. The van der Waals surface area contributed by atoms with Crippen LogP contribution < -0.4 is 9.80 Å². The monoisotopic (exact) mass is 423 g/mol. The number of pyridine rings is 2. The van der Waals surface area contributed by atoms with Gasteiger partial charge >= 0.3 is 0 Å². The summed E-state index contributed by atoms with van der Waals surface area (Å²) in [6, 6.07) is 24.1. The zero-order valence-electron chi connectivity index (χ0n) is 18.4. The lowest BCUT2D eigenvalue weighted by molar-refractivity contribution is 0.160. The molecule has 0 atom stereocenters. The molecule has 0 unspecified atom stereocenters. The van der Waals surface area contributed by atoms with E-state index in [2.05, 4.69) is 80.3 Å². The summed E-state index contributed by atoms with van der Waals surface area (Å²) in [6.45, 7) is 6.57. The topological polar surface area (TPSA) is 35.5 Å². The molecule has 5 heteroatoms. The molecule has 2 aromatic heterocycles. The number of rotatable bonds is 3. The summed E-state index contributed by atoms with van der Waals surface area (Å²) in [6.07, 6.45) is 4.33. The minimum Gasteiger partial charge on any atom is -0.367 e. The molecule has 2 fully saturated rings. The first-order valence-electron chi connectivity index (χ1n) is 11.8. The second-order valence-corrected chi connectivity index (χ2v) is 8.96. The molecule has 4 heterocycles. The first kappa shape index (κ1) is 19.5. The number of hydrogen-bond donors (Lipinski definition) is 0. The van der Waals surface area contributed by atoms with Gasteiger partial charge < -0.3 is 9.80 Å². The van der Waals surface area contributed by atoms with Crippen molar-refractivity contribution < 1.29 is 0 Å². The smallest absolute Gasteiger partial charge is 0.129 e. The summed E-state index contributed by atoms with van der Waals surface area (Å²) in [5.41, 5.74) is 3.49. The van der Waals surface area contributed by atoms with Gasteiger partial charge in [0.15, 0.2) is 0 Å². The van der Waals surface area contributed by atoms with Gasteiger partial charge in [-0.15, -0.1) is 0 Å². The van der Waals surface area contributed by atoms with Crippen LogP contribution in [0.5, 0.6) is 0 Å². The molecule has 0 amide bonds. The summed E-state index contributed by atoms with van der Waals surface area (Å²) >= 11 is 0. The van der Waals surface area contributed by atoms with Crippen LogP contribution >= 0.6 is 0 Å². The first-order chi connectivity index (χ1) is 15.8. The Bertz CT molecular complexity index is 1220. The zero-order valence-corrected chi connectivity index (χ0v) is 18.4. The third-order valence-electron chi connectivity index (χ3n) is 7.15. The van der Waals surface area contributed by atoms with Crippen LogP contribution in [0.25, 0.3) is 21.8 Å². The van der Waals surface area contributed by atoms with E-state index >= 15 is 0 Å². The molecule has 4 aromatic rings. The van der Waals surface area contributed by atoms with Crippen LogP contribution in [0.2, 0.25) is 0 Å². The van der Waals surface area contributed by atoms with E-state index in [-0.39, 0.29) is 0 Å². The predicted octanol–water partition coefficient (Wildman–Crippen LogP) is 4.57. The van der Waals surface area contributed by atoms with E-state index in [1.165, 1.54) is 29.3 Å². The number of benzene rings is 2. The second-order valence-electron chi connectivity index (χ2n) is 8.96. The Hall–Kier alpha value is -3.18. The number of para-hydroxylation sites is 2. The predicted molar refractivity (Wildman–Crippen MR) is 133 cm³/mol. The van der Waals surface area contributed by atoms with Gasteiger partial charge in [0.1, 0.15) is 5.82 Å². The SMILES string of the molecule is c1ccc2nc(N3CCC(N4CCN(c5cccc6cccnc56)CC4)CC3)ccc2c1. The van der Waals surface area contributed by atoms with Gasteiger partial charge in [-0.1, -0.05) is 36.4 Å². The first-order valence-corrected chi connectivity index (χ1v) is 11.8. The van der Waals surface area contributed by atoms with Gasteiger partial charge in [-0.05, 0) is 43.2 Å². The van der Waals surface area contributed by atoms with E-state index in [0.29, 0.717) is 6.04 Å². The fourth-order valence-electron chi connectivity index (χ4n) is 5.36. The molecule has 6 rings (SSSR count). The van der Waals surface area contributed by atoms with Crippen molar-refractivity contribution in [3.63, 3.8) is 0 Å². The van der Waals surface area contributed by atoms with E-state index < -0.39 is 0 Å². The summed E-state index contributed by atoms with van der Waals surface area (Å²) in [5.74, 6) is 1.12. The Labute approximate surface area is 189 Å². The molecule has 2 aliphatic rings. The fourth-order valence-corrected chi connectivity index (χ4v) is 5.36. The number of piperazine rings is 1. The second kappa shape index (κ2) is 8.40. The van der Waals surface area contributed by atoms with E-state index in [0.717, 1.165) is 56.1 Å². The Kier molecular flexibility index (Phi) is 5.12. The number of nitrogens with zero attached hydrogens (tertiary/aromatic N) is 5. The van der Waals surface area contributed by atoms with Gasteiger partial charge in [0.2, 0.25) is 0 Å². The van der Waals surface area contributed by atoms with Gasteiger partial charge in [-0.3, -0.25) is 9.88 Å². The third kappa shape index (κ3) is 3.67. The van der Waals surface area contributed by atoms with Crippen molar-refractivity contribution in [1.82, 2.24) is 14.9 Å². The standard InChI is InChI=1S/C27H29N5/c1-2-8-24-21(5-1)10-11-26(29-24)32-15-12-23(13-16-32)30-17-19-31(20-18-30)25-9-3-6-22-7-4-14-28-27(22)25/h1-11,14,23H,12-13,15-20H2. The average molecular weight is 424 g/mol. The molecular weight excluding hydrogens is 394 g/mol. The Morgan fingerprint density at radius 3 is 2.31 bits per heavy atom. The minimum absolute atomic E-state index is 0.680. The van der Waals surface area contributed by atoms with Crippen LogP contribution in [-0.2, 0) is 0 Å². The van der Waals surface area contributed by atoms with Crippen LogP contribution in [0.3, 0.4) is 0 Å². The van der Waals surface area contributed by atoms with Crippen LogP contribution in [0.4, 0.5) is 11.5 Å². The van der Waals surface area contributed by atoms with Crippen LogP contribution in [0.15, 0.2) is 72.9 Å². The Morgan fingerprint density at radius 1 is 0.656 bits per heavy atom. The van der Waals surface area contributed by atoms with E-state index in [1.54, 1.807) is 0 Å². The molecule has 0 N–H and O–H groups in total. The molecule has 0 radical (unpaired) electrons. The highest BCUT2D eigenvalue weighted by Gasteiger charge is 2.28. The molecule has 2 aromatic carbocycles. The molecule has 2 aliphatic heterocycles. The molecule has 162 valence electrons. The van der Waals surface area contributed by atoms with Crippen molar-refractivity contribution >= 4 is 33.3 Å². The maximum atomic E-state index is 4.90. The number of anilines is 2. The van der Waals surface area contributed by atoms with Crippen molar-refractivity contribution in [2.45, 2.75) is 18.9 Å². The quantitative estimate of drug-likeness (QED) is 0.482. The average Bonchev–Trinajstić information content (AvgIpc) is 2.88. The Morgan fingerprint density at radius 2 is 1.44 bits per heavy atom.